The third-order valence-electron chi connectivity index (χ3n) is 5.04. The Kier molecular flexibility index (Phi) is 5.66. The first-order valence-electron chi connectivity index (χ1n) is 10.3. The normalized spacial score (nSPS) is 13.3. The lowest BCUT2D eigenvalue weighted by molar-refractivity contribution is 0.297. The molecule has 0 atom stereocenters. The van der Waals surface area contributed by atoms with E-state index < -0.39 is 10.0 Å². The molecule has 5 rings (SSSR count). The monoisotopic (exact) mass is 464 g/mol. The van der Waals surface area contributed by atoms with Gasteiger partial charge in [0.05, 0.1) is 30.2 Å². The minimum atomic E-state index is -3.87. The number of rotatable bonds is 6. The molecular weight excluding hydrogens is 444 g/mol. The Labute approximate surface area is 190 Å². The number of aromatic nitrogens is 3. The Morgan fingerprint density at radius 3 is 2.58 bits per heavy atom. The van der Waals surface area contributed by atoms with Gasteiger partial charge in [-0.1, -0.05) is 23.4 Å². The first-order chi connectivity index (χ1) is 16.1. The molecule has 168 valence electrons. The minimum absolute atomic E-state index is 0.0827. The molecule has 0 radical (unpaired) electrons. The van der Waals surface area contributed by atoms with Crippen molar-refractivity contribution in [2.24, 2.45) is 0 Å². The zero-order valence-electron chi connectivity index (χ0n) is 17.5. The highest BCUT2D eigenvalue weighted by atomic mass is 32.2. The van der Waals surface area contributed by atoms with Crippen LogP contribution in [0, 0.1) is 0 Å². The molecule has 10 heteroatoms. The number of nitrogens with zero attached hydrogens (tertiary/aromatic N) is 3. The number of ether oxygens (including phenoxy) is 2. The van der Waals surface area contributed by atoms with Crippen LogP contribution in [0.5, 0.6) is 11.5 Å². The summed E-state index contributed by atoms with van der Waals surface area (Å²) in [6.07, 6.45) is 4.29. The Morgan fingerprint density at radius 1 is 0.939 bits per heavy atom. The van der Waals surface area contributed by atoms with Gasteiger partial charge >= 0.3 is 0 Å². The summed E-state index contributed by atoms with van der Waals surface area (Å²) >= 11 is 0. The van der Waals surface area contributed by atoms with Crippen LogP contribution in [0.15, 0.2) is 76.4 Å². The van der Waals surface area contributed by atoms with Crippen molar-refractivity contribution < 1.29 is 22.4 Å². The summed E-state index contributed by atoms with van der Waals surface area (Å²) in [6, 6.07) is 15.2. The molecule has 1 aliphatic heterocycles. The number of anilines is 1. The van der Waals surface area contributed by atoms with Crippen LogP contribution in [0.4, 0.5) is 5.69 Å². The molecule has 0 amide bonds. The van der Waals surface area contributed by atoms with Gasteiger partial charge in [-0.3, -0.25) is 9.71 Å². The maximum Gasteiger partial charge on any atom is 0.262 e. The summed E-state index contributed by atoms with van der Waals surface area (Å²) in [4.78, 5) is 8.48. The Hall–Kier alpha value is -3.92. The second-order valence-corrected chi connectivity index (χ2v) is 9.03. The molecule has 2 aromatic carbocycles. The highest BCUT2D eigenvalue weighted by molar-refractivity contribution is 7.92. The quantitative estimate of drug-likeness (QED) is 0.459. The Morgan fingerprint density at radius 2 is 1.73 bits per heavy atom. The lowest BCUT2D eigenvalue weighted by Crippen LogP contribution is -2.14. The summed E-state index contributed by atoms with van der Waals surface area (Å²) in [7, 11) is -3.87. The number of pyridine rings is 1. The van der Waals surface area contributed by atoms with E-state index in [0.29, 0.717) is 47.7 Å². The van der Waals surface area contributed by atoms with E-state index in [-0.39, 0.29) is 11.3 Å². The van der Waals surface area contributed by atoms with E-state index in [1.807, 2.05) is 12.1 Å². The van der Waals surface area contributed by atoms with Crippen molar-refractivity contribution in [2.75, 3.05) is 17.9 Å². The summed E-state index contributed by atoms with van der Waals surface area (Å²) in [5.41, 5.74) is 1.90. The van der Waals surface area contributed by atoms with Crippen LogP contribution < -0.4 is 14.2 Å². The highest BCUT2D eigenvalue weighted by Crippen LogP contribution is 2.33. The van der Waals surface area contributed by atoms with Gasteiger partial charge in [-0.2, -0.15) is 4.98 Å². The van der Waals surface area contributed by atoms with Crippen molar-refractivity contribution >= 4 is 15.7 Å². The predicted molar refractivity (Wildman–Crippen MR) is 120 cm³/mol. The summed E-state index contributed by atoms with van der Waals surface area (Å²) < 4.78 is 45.5. The highest BCUT2D eigenvalue weighted by Gasteiger charge is 2.21. The molecule has 1 N–H and O–H groups in total. The number of para-hydroxylation sites is 1. The van der Waals surface area contributed by atoms with Crippen LogP contribution in [0.25, 0.3) is 11.4 Å². The van der Waals surface area contributed by atoms with E-state index in [4.69, 9.17) is 14.0 Å². The summed E-state index contributed by atoms with van der Waals surface area (Å²) in [6.45, 7) is 1.00. The molecule has 0 saturated carbocycles. The van der Waals surface area contributed by atoms with Gasteiger partial charge in [0.2, 0.25) is 11.7 Å². The molecule has 0 fully saturated rings. The number of benzene rings is 2. The molecular formula is C23H20N4O5S. The van der Waals surface area contributed by atoms with Gasteiger partial charge in [-0.15, -0.1) is 0 Å². The molecule has 9 nitrogen and oxygen atoms in total. The van der Waals surface area contributed by atoms with Crippen LogP contribution in [-0.4, -0.2) is 36.8 Å². The summed E-state index contributed by atoms with van der Waals surface area (Å²) in [5.74, 6) is 1.76. The maximum absolute atomic E-state index is 13.1. The van der Waals surface area contributed by atoms with Crippen LogP contribution in [0.2, 0.25) is 0 Å². The standard InChI is InChI=1S/C23H20N4O5S/c28-33(29,18-6-7-20-21(15-18)31-13-3-12-30-20)27-19-5-2-1-4-17(19)14-22-25-23(26-32-22)16-8-10-24-11-9-16/h1-2,4-11,15,27H,3,12-14H2. The van der Waals surface area contributed by atoms with E-state index in [1.165, 1.54) is 12.1 Å². The van der Waals surface area contributed by atoms with Crippen molar-refractivity contribution in [3.63, 3.8) is 0 Å². The molecule has 33 heavy (non-hydrogen) atoms. The molecule has 0 unspecified atom stereocenters. The zero-order valence-corrected chi connectivity index (χ0v) is 18.3. The Balaban J connectivity index is 1.38. The second-order valence-electron chi connectivity index (χ2n) is 7.35. The van der Waals surface area contributed by atoms with Crippen LogP contribution >= 0.6 is 0 Å². The number of fused-ring (bicyclic) bond motifs is 1. The molecule has 2 aromatic heterocycles. The van der Waals surface area contributed by atoms with Gasteiger partial charge in [0.1, 0.15) is 0 Å². The van der Waals surface area contributed by atoms with Gasteiger partial charge in [0.15, 0.2) is 11.5 Å². The topological polar surface area (TPSA) is 116 Å². The van der Waals surface area contributed by atoms with Crippen LogP contribution in [-0.2, 0) is 16.4 Å². The first-order valence-corrected chi connectivity index (χ1v) is 11.8. The third-order valence-corrected chi connectivity index (χ3v) is 6.40. The number of hydrogen-bond donors (Lipinski definition) is 1. The SMILES string of the molecule is O=S(=O)(Nc1ccccc1Cc1nc(-c2ccncc2)no1)c1ccc2c(c1)OCCCO2. The fraction of sp³-hybridized carbons (Fsp3) is 0.174. The first kappa shape index (κ1) is 21.0. The van der Waals surface area contributed by atoms with Gasteiger partial charge in [-0.05, 0) is 35.9 Å². The molecule has 4 aromatic rings. The van der Waals surface area contributed by atoms with Crippen molar-refractivity contribution in [1.82, 2.24) is 15.1 Å². The average Bonchev–Trinajstić information content (AvgIpc) is 3.16. The van der Waals surface area contributed by atoms with Crippen LogP contribution in [0.1, 0.15) is 17.9 Å². The number of nitrogens with one attached hydrogen (secondary N) is 1. The maximum atomic E-state index is 13.1. The second kappa shape index (κ2) is 8.91. The van der Waals surface area contributed by atoms with E-state index in [1.54, 1.807) is 42.7 Å². The van der Waals surface area contributed by atoms with Gasteiger partial charge in [0.25, 0.3) is 10.0 Å². The third kappa shape index (κ3) is 4.65. The fourth-order valence-corrected chi connectivity index (χ4v) is 4.51. The van der Waals surface area contributed by atoms with Crippen molar-refractivity contribution in [1.29, 1.82) is 0 Å². The van der Waals surface area contributed by atoms with E-state index in [0.717, 1.165) is 12.0 Å². The largest absolute Gasteiger partial charge is 0.490 e. The van der Waals surface area contributed by atoms with Crippen molar-refractivity contribution in [3.05, 3.63) is 78.4 Å². The van der Waals surface area contributed by atoms with Gasteiger partial charge in [0, 0.05) is 30.4 Å². The van der Waals surface area contributed by atoms with Crippen molar-refractivity contribution in [2.45, 2.75) is 17.7 Å². The molecule has 0 saturated heterocycles. The fourth-order valence-electron chi connectivity index (χ4n) is 3.40. The molecule has 0 bridgehead atoms. The van der Waals surface area contributed by atoms with Gasteiger partial charge in [-0.25, -0.2) is 8.42 Å². The molecule has 3 heterocycles. The lowest BCUT2D eigenvalue weighted by atomic mass is 10.1. The number of hydrogen-bond acceptors (Lipinski definition) is 8. The summed E-state index contributed by atoms with van der Waals surface area (Å²) in [5, 5.41) is 4.00. The lowest BCUT2D eigenvalue weighted by Gasteiger charge is -2.13. The van der Waals surface area contributed by atoms with Crippen molar-refractivity contribution in [3.8, 4) is 22.9 Å². The smallest absolute Gasteiger partial charge is 0.262 e. The average molecular weight is 465 g/mol. The van der Waals surface area contributed by atoms with E-state index in [2.05, 4.69) is 19.8 Å². The molecule has 0 aliphatic carbocycles. The van der Waals surface area contributed by atoms with Crippen LogP contribution in [0.3, 0.4) is 0 Å². The predicted octanol–water partition coefficient (Wildman–Crippen LogP) is 3.68. The van der Waals surface area contributed by atoms with Gasteiger partial charge < -0.3 is 14.0 Å². The Bertz CT molecular complexity index is 1370. The molecule has 1 aliphatic rings. The number of sulfonamides is 1. The van der Waals surface area contributed by atoms with E-state index >= 15 is 0 Å². The molecule has 0 spiro atoms. The zero-order chi connectivity index (χ0) is 22.7. The van der Waals surface area contributed by atoms with E-state index in [9.17, 15) is 8.42 Å². The minimum Gasteiger partial charge on any atom is -0.490 e.